The first kappa shape index (κ1) is 15.9. The summed E-state index contributed by atoms with van der Waals surface area (Å²) < 4.78 is 1.82. The zero-order valence-electron chi connectivity index (χ0n) is 13.7. The molecule has 2 amide bonds. The molecular formula is C17H19N5O2. The number of carbonyl (C=O) groups excluding carboxylic acids is 2. The second kappa shape index (κ2) is 6.27. The molecule has 0 bridgehead atoms. The van der Waals surface area contributed by atoms with E-state index in [4.69, 9.17) is 0 Å². The Labute approximate surface area is 140 Å². The monoisotopic (exact) mass is 325 g/mol. The summed E-state index contributed by atoms with van der Waals surface area (Å²) in [5.74, 6) is 1.33. The van der Waals surface area contributed by atoms with Crippen LogP contribution >= 0.6 is 0 Å². The fraction of sp³-hybridized carbons (Fsp3) is 0.294. The zero-order chi connectivity index (χ0) is 17.3. The maximum Gasteiger partial charge on any atom is 0.258 e. The third-order valence-electron chi connectivity index (χ3n) is 4.10. The van der Waals surface area contributed by atoms with Crippen LogP contribution in [0.4, 0.5) is 11.6 Å². The predicted octanol–water partition coefficient (Wildman–Crippen LogP) is 2.09. The number of rotatable bonds is 5. The third-order valence-corrected chi connectivity index (χ3v) is 4.10. The summed E-state index contributed by atoms with van der Waals surface area (Å²) in [6, 6.07) is 6.75. The Balaban J connectivity index is 1.71. The molecule has 0 saturated heterocycles. The maximum atomic E-state index is 12.3. The molecule has 3 rings (SSSR count). The van der Waals surface area contributed by atoms with Crippen LogP contribution in [0.25, 0.3) is 0 Å². The molecule has 1 heterocycles. The Morgan fingerprint density at radius 3 is 2.54 bits per heavy atom. The Morgan fingerprint density at radius 2 is 1.96 bits per heavy atom. The lowest BCUT2D eigenvalue weighted by atomic mass is 10.2. The van der Waals surface area contributed by atoms with Crippen LogP contribution in [-0.4, -0.2) is 33.6 Å². The normalized spacial score (nSPS) is 13.4. The Kier molecular flexibility index (Phi) is 4.16. The summed E-state index contributed by atoms with van der Waals surface area (Å²) in [6.07, 6.45) is 3.49. The van der Waals surface area contributed by atoms with E-state index in [9.17, 15) is 9.59 Å². The van der Waals surface area contributed by atoms with Crippen LogP contribution in [0.1, 0.15) is 34.9 Å². The molecule has 1 aliphatic rings. The van der Waals surface area contributed by atoms with E-state index in [2.05, 4.69) is 22.1 Å². The van der Waals surface area contributed by atoms with Crippen molar-refractivity contribution < 1.29 is 9.59 Å². The van der Waals surface area contributed by atoms with Gasteiger partial charge < -0.3 is 4.90 Å². The largest absolute Gasteiger partial charge is 0.312 e. The fourth-order valence-electron chi connectivity index (χ4n) is 2.42. The van der Waals surface area contributed by atoms with Gasteiger partial charge in [-0.25, -0.2) is 0 Å². The van der Waals surface area contributed by atoms with E-state index in [1.807, 2.05) is 11.6 Å². The Morgan fingerprint density at radius 1 is 1.29 bits per heavy atom. The van der Waals surface area contributed by atoms with Crippen LogP contribution in [0.5, 0.6) is 0 Å². The van der Waals surface area contributed by atoms with Crippen molar-refractivity contribution in [2.45, 2.75) is 18.8 Å². The number of likely N-dealkylation sites (N-methyl/N-ethyl adjacent to an activating group) is 1. The quantitative estimate of drug-likeness (QED) is 0.854. The molecular weight excluding hydrogens is 306 g/mol. The molecule has 1 N–H and O–H groups in total. The number of carbonyl (C=O) groups is 2. The minimum absolute atomic E-state index is 0.209. The van der Waals surface area contributed by atoms with Gasteiger partial charge in [0.05, 0.1) is 0 Å². The summed E-state index contributed by atoms with van der Waals surface area (Å²) in [7, 11) is 3.50. The molecule has 1 aromatic heterocycles. The minimum atomic E-state index is -0.267. The van der Waals surface area contributed by atoms with Crippen LogP contribution in [0.15, 0.2) is 36.9 Å². The summed E-state index contributed by atoms with van der Waals surface area (Å²) in [4.78, 5) is 25.4. The first-order valence-corrected chi connectivity index (χ1v) is 7.72. The van der Waals surface area contributed by atoms with Crippen molar-refractivity contribution >= 4 is 23.5 Å². The van der Waals surface area contributed by atoms with E-state index in [1.165, 1.54) is 11.0 Å². The molecule has 0 aliphatic heterocycles. The van der Waals surface area contributed by atoms with Crippen LogP contribution in [-0.2, 0) is 11.8 Å². The van der Waals surface area contributed by atoms with Crippen molar-refractivity contribution in [2.75, 3.05) is 17.3 Å². The fourth-order valence-corrected chi connectivity index (χ4v) is 2.42. The molecule has 124 valence electrons. The van der Waals surface area contributed by atoms with Gasteiger partial charge in [-0.3, -0.25) is 19.5 Å². The highest BCUT2D eigenvalue weighted by atomic mass is 16.2. The number of hydrogen-bond donors (Lipinski definition) is 1. The number of anilines is 2. The number of benzene rings is 1. The molecule has 1 aromatic carbocycles. The highest BCUT2D eigenvalue weighted by molar-refractivity contribution is 6.04. The SMILES string of the molecule is C=CC(=O)N(C)c1ccc(C(=O)Nc2nnc(C3CC3)n2C)cc1. The standard InChI is InChI=1S/C17H19N5O2/c1-4-14(23)21(2)13-9-7-12(8-10-13)16(24)18-17-20-19-15(22(17)3)11-5-6-11/h4,7-11H,1,5-6H2,2-3H3,(H,18,20,24). The lowest BCUT2D eigenvalue weighted by Crippen LogP contribution is -2.23. The van der Waals surface area contributed by atoms with Gasteiger partial charge in [-0.05, 0) is 43.2 Å². The number of amides is 2. The lowest BCUT2D eigenvalue weighted by molar-refractivity contribution is -0.113. The zero-order valence-corrected chi connectivity index (χ0v) is 13.7. The molecule has 0 radical (unpaired) electrons. The molecule has 1 saturated carbocycles. The smallest absolute Gasteiger partial charge is 0.258 e. The van der Waals surface area contributed by atoms with Gasteiger partial charge in [0.25, 0.3) is 5.91 Å². The molecule has 24 heavy (non-hydrogen) atoms. The average molecular weight is 325 g/mol. The van der Waals surface area contributed by atoms with Gasteiger partial charge in [-0.15, -0.1) is 10.2 Å². The minimum Gasteiger partial charge on any atom is -0.312 e. The Bertz CT molecular complexity index is 790. The summed E-state index contributed by atoms with van der Waals surface area (Å²) in [6.45, 7) is 3.46. The number of nitrogens with zero attached hydrogens (tertiary/aromatic N) is 4. The predicted molar refractivity (Wildman–Crippen MR) is 91.0 cm³/mol. The van der Waals surface area contributed by atoms with E-state index < -0.39 is 0 Å². The molecule has 7 heteroatoms. The van der Waals surface area contributed by atoms with Gasteiger partial charge in [0.1, 0.15) is 5.82 Å². The van der Waals surface area contributed by atoms with Crippen LogP contribution in [0.3, 0.4) is 0 Å². The number of hydrogen-bond acceptors (Lipinski definition) is 4. The van der Waals surface area contributed by atoms with Gasteiger partial charge in [0, 0.05) is 31.3 Å². The molecule has 7 nitrogen and oxygen atoms in total. The maximum absolute atomic E-state index is 12.3. The Hall–Kier alpha value is -2.96. The molecule has 0 spiro atoms. The summed E-state index contributed by atoms with van der Waals surface area (Å²) in [5, 5.41) is 10.9. The van der Waals surface area contributed by atoms with E-state index in [-0.39, 0.29) is 11.8 Å². The van der Waals surface area contributed by atoms with Crippen molar-refractivity contribution in [2.24, 2.45) is 7.05 Å². The topological polar surface area (TPSA) is 80.1 Å². The van der Waals surface area contributed by atoms with E-state index in [1.54, 1.807) is 31.3 Å². The van der Waals surface area contributed by atoms with E-state index in [0.29, 0.717) is 23.1 Å². The third kappa shape index (κ3) is 3.05. The highest BCUT2D eigenvalue weighted by Crippen LogP contribution is 2.39. The second-order valence-corrected chi connectivity index (χ2v) is 5.82. The van der Waals surface area contributed by atoms with Gasteiger partial charge >= 0.3 is 0 Å². The van der Waals surface area contributed by atoms with Crippen molar-refractivity contribution in [3.05, 3.63) is 48.3 Å². The molecule has 2 aromatic rings. The molecule has 1 aliphatic carbocycles. The van der Waals surface area contributed by atoms with Crippen LogP contribution in [0, 0.1) is 0 Å². The molecule has 0 atom stereocenters. The first-order chi connectivity index (χ1) is 11.5. The molecule has 1 fully saturated rings. The van der Waals surface area contributed by atoms with Gasteiger partial charge in [-0.1, -0.05) is 6.58 Å². The van der Waals surface area contributed by atoms with Crippen molar-refractivity contribution in [1.29, 1.82) is 0 Å². The van der Waals surface area contributed by atoms with E-state index >= 15 is 0 Å². The van der Waals surface area contributed by atoms with Crippen molar-refractivity contribution in [3.8, 4) is 0 Å². The highest BCUT2D eigenvalue weighted by Gasteiger charge is 2.29. The van der Waals surface area contributed by atoms with Crippen molar-refractivity contribution in [3.63, 3.8) is 0 Å². The van der Waals surface area contributed by atoms with Gasteiger partial charge in [0.15, 0.2) is 0 Å². The van der Waals surface area contributed by atoms with E-state index in [0.717, 1.165) is 18.7 Å². The summed E-state index contributed by atoms with van der Waals surface area (Å²) in [5.41, 5.74) is 1.17. The van der Waals surface area contributed by atoms with Crippen LogP contribution < -0.4 is 10.2 Å². The number of aromatic nitrogens is 3. The van der Waals surface area contributed by atoms with Crippen molar-refractivity contribution in [1.82, 2.24) is 14.8 Å². The van der Waals surface area contributed by atoms with Gasteiger partial charge in [-0.2, -0.15) is 0 Å². The number of nitrogens with one attached hydrogen (secondary N) is 1. The molecule has 0 unspecified atom stereocenters. The first-order valence-electron chi connectivity index (χ1n) is 7.72. The van der Waals surface area contributed by atoms with Gasteiger partial charge in [0.2, 0.25) is 11.9 Å². The second-order valence-electron chi connectivity index (χ2n) is 5.82. The summed E-state index contributed by atoms with van der Waals surface area (Å²) >= 11 is 0. The van der Waals surface area contributed by atoms with Crippen LogP contribution in [0.2, 0.25) is 0 Å². The lowest BCUT2D eigenvalue weighted by Gasteiger charge is -2.15. The average Bonchev–Trinajstić information content (AvgIpc) is 3.38.